The molecule has 6 nitrogen and oxygen atoms in total. The van der Waals surface area contributed by atoms with Crippen molar-refractivity contribution in [2.75, 3.05) is 11.5 Å². The lowest BCUT2D eigenvalue weighted by molar-refractivity contribution is 0.0979. The number of carbonyl (C=O) groups excluding carboxylic acids is 2. The summed E-state index contributed by atoms with van der Waals surface area (Å²) in [5.74, 6) is 1.16. The second-order valence-electron chi connectivity index (χ2n) is 6.66. The first-order valence-electron chi connectivity index (χ1n) is 9.54. The van der Waals surface area contributed by atoms with E-state index >= 15 is 0 Å². The Morgan fingerprint density at radius 2 is 1.87 bits per heavy atom. The second-order valence-corrected chi connectivity index (χ2v) is 7.67. The smallest absolute Gasteiger partial charge is 0.260 e. The summed E-state index contributed by atoms with van der Waals surface area (Å²) in [5, 5.41) is 0.565. The fraction of sp³-hybridized carbons (Fsp3) is 0.174. The normalized spacial score (nSPS) is 10.9. The van der Waals surface area contributed by atoms with E-state index in [-0.39, 0.29) is 18.2 Å². The molecule has 0 aliphatic rings. The molecule has 0 N–H and O–H groups in total. The number of ketones is 1. The van der Waals surface area contributed by atoms with Crippen LogP contribution in [0.1, 0.15) is 40.3 Å². The predicted octanol–water partition coefficient (Wildman–Crippen LogP) is 5.34. The number of furan rings is 1. The lowest BCUT2D eigenvalue weighted by atomic mass is 10.1. The van der Waals surface area contributed by atoms with Crippen LogP contribution in [-0.4, -0.2) is 23.3 Å². The Hall–Kier alpha value is -3.45. The molecule has 4 aromatic rings. The molecule has 0 aliphatic carbocycles. The number of Topliss-reactive ketones (excluding diaryl/α,β-unsaturated/α-hetero) is 1. The van der Waals surface area contributed by atoms with Gasteiger partial charge in [-0.1, -0.05) is 23.5 Å². The molecule has 4 rings (SSSR count). The molecule has 0 spiro atoms. The molecule has 0 fully saturated rings. The van der Waals surface area contributed by atoms with E-state index in [0.29, 0.717) is 28.6 Å². The molecule has 30 heavy (non-hydrogen) atoms. The molecule has 152 valence electrons. The molecule has 2 aromatic carbocycles. The van der Waals surface area contributed by atoms with Gasteiger partial charge in [-0.15, -0.1) is 0 Å². The van der Waals surface area contributed by atoms with E-state index in [9.17, 15) is 9.59 Å². The van der Waals surface area contributed by atoms with Crippen LogP contribution in [0.5, 0.6) is 5.75 Å². The molecule has 0 bridgehead atoms. The van der Waals surface area contributed by atoms with Crippen LogP contribution in [0.15, 0.2) is 65.3 Å². The van der Waals surface area contributed by atoms with Gasteiger partial charge in [0.2, 0.25) is 0 Å². The highest BCUT2D eigenvalue weighted by Crippen LogP contribution is 2.33. The maximum Gasteiger partial charge on any atom is 0.260 e. The van der Waals surface area contributed by atoms with Gasteiger partial charge < -0.3 is 9.15 Å². The van der Waals surface area contributed by atoms with Crippen LogP contribution in [0.2, 0.25) is 0 Å². The number of thiazole rings is 1. The van der Waals surface area contributed by atoms with Crippen molar-refractivity contribution in [1.82, 2.24) is 4.98 Å². The Bertz CT molecular complexity index is 1180. The lowest BCUT2D eigenvalue weighted by Gasteiger charge is -2.19. The van der Waals surface area contributed by atoms with Crippen LogP contribution >= 0.6 is 11.3 Å². The number of benzene rings is 2. The zero-order valence-electron chi connectivity index (χ0n) is 16.6. The SMILES string of the molecule is CCOc1ccc2nc(N(Cc3ccco3)C(=O)c3ccc(C(C)=O)cc3)sc2c1. The fourth-order valence-corrected chi connectivity index (χ4v) is 4.04. The van der Waals surface area contributed by atoms with Crippen molar-refractivity contribution in [3.05, 3.63) is 77.7 Å². The van der Waals surface area contributed by atoms with Gasteiger partial charge in [-0.05, 0) is 56.3 Å². The fourth-order valence-electron chi connectivity index (χ4n) is 3.05. The van der Waals surface area contributed by atoms with E-state index in [2.05, 4.69) is 4.98 Å². The van der Waals surface area contributed by atoms with Gasteiger partial charge in [0.25, 0.3) is 5.91 Å². The molecule has 2 heterocycles. The highest BCUT2D eigenvalue weighted by molar-refractivity contribution is 7.22. The van der Waals surface area contributed by atoms with E-state index in [1.807, 2.05) is 31.2 Å². The Morgan fingerprint density at radius 1 is 1.10 bits per heavy atom. The summed E-state index contributed by atoms with van der Waals surface area (Å²) in [6.45, 7) is 4.26. The molecule has 2 aromatic heterocycles. The van der Waals surface area contributed by atoms with E-state index in [4.69, 9.17) is 9.15 Å². The maximum absolute atomic E-state index is 13.3. The first kappa shape index (κ1) is 19.8. The molecule has 0 aliphatic heterocycles. The number of carbonyl (C=O) groups is 2. The Balaban J connectivity index is 1.71. The average molecular weight is 420 g/mol. The van der Waals surface area contributed by atoms with Crippen molar-refractivity contribution in [3.8, 4) is 5.75 Å². The lowest BCUT2D eigenvalue weighted by Crippen LogP contribution is -2.30. The Kier molecular flexibility index (Phi) is 5.63. The minimum atomic E-state index is -0.217. The van der Waals surface area contributed by atoms with Crippen molar-refractivity contribution in [1.29, 1.82) is 0 Å². The largest absolute Gasteiger partial charge is 0.494 e. The number of aromatic nitrogens is 1. The molecular weight excluding hydrogens is 400 g/mol. The van der Waals surface area contributed by atoms with Crippen LogP contribution in [-0.2, 0) is 6.54 Å². The van der Waals surface area contributed by atoms with Crippen LogP contribution in [0.25, 0.3) is 10.2 Å². The summed E-state index contributed by atoms with van der Waals surface area (Å²) in [6, 6.07) is 15.9. The van der Waals surface area contributed by atoms with Crippen molar-refractivity contribution in [3.63, 3.8) is 0 Å². The third-order valence-electron chi connectivity index (χ3n) is 4.57. The second kappa shape index (κ2) is 8.51. The number of hydrogen-bond donors (Lipinski definition) is 0. The van der Waals surface area contributed by atoms with Crippen LogP contribution in [0.3, 0.4) is 0 Å². The number of amides is 1. The van der Waals surface area contributed by atoms with Gasteiger partial charge in [-0.3, -0.25) is 14.5 Å². The number of hydrogen-bond acceptors (Lipinski definition) is 6. The van der Waals surface area contributed by atoms with Crippen molar-refractivity contribution in [2.24, 2.45) is 0 Å². The number of ether oxygens (including phenoxy) is 1. The van der Waals surface area contributed by atoms with Gasteiger partial charge in [0.05, 0.1) is 29.6 Å². The quantitative estimate of drug-likeness (QED) is 0.378. The maximum atomic E-state index is 13.3. The number of nitrogens with zero attached hydrogens (tertiary/aromatic N) is 2. The summed E-state index contributed by atoms with van der Waals surface area (Å²) < 4.78 is 12.0. The summed E-state index contributed by atoms with van der Waals surface area (Å²) >= 11 is 1.42. The van der Waals surface area contributed by atoms with Gasteiger partial charge in [-0.2, -0.15) is 0 Å². The van der Waals surface area contributed by atoms with E-state index in [1.54, 1.807) is 41.5 Å². The molecule has 0 saturated heterocycles. The predicted molar refractivity (Wildman–Crippen MR) is 116 cm³/mol. The minimum Gasteiger partial charge on any atom is -0.494 e. The van der Waals surface area contributed by atoms with Crippen molar-refractivity contribution >= 4 is 38.4 Å². The molecule has 1 amide bonds. The summed E-state index contributed by atoms with van der Waals surface area (Å²) in [4.78, 5) is 31.1. The zero-order chi connectivity index (χ0) is 21.1. The third kappa shape index (κ3) is 4.11. The van der Waals surface area contributed by atoms with E-state index < -0.39 is 0 Å². The average Bonchev–Trinajstić information content (AvgIpc) is 3.41. The Labute approximate surface area is 177 Å². The van der Waals surface area contributed by atoms with Crippen molar-refractivity contribution < 1.29 is 18.7 Å². The van der Waals surface area contributed by atoms with E-state index in [1.165, 1.54) is 18.3 Å². The van der Waals surface area contributed by atoms with Crippen LogP contribution < -0.4 is 9.64 Å². The molecule has 0 radical (unpaired) electrons. The molecule has 7 heteroatoms. The molecular formula is C23H20N2O4S. The van der Waals surface area contributed by atoms with Crippen LogP contribution in [0.4, 0.5) is 5.13 Å². The van der Waals surface area contributed by atoms with Gasteiger partial charge in [0, 0.05) is 11.1 Å². The highest BCUT2D eigenvalue weighted by atomic mass is 32.1. The molecule has 0 saturated carbocycles. The summed E-state index contributed by atoms with van der Waals surface area (Å²) in [7, 11) is 0. The van der Waals surface area contributed by atoms with Gasteiger partial charge in [0.1, 0.15) is 11.5 Å². The number of anilines is 1. The monoisotopic (exact) mass is 420 g/mol. The van der Waals surface area contributed by atoms with E-state index in [0.717, 1.165) is 16.0 Å². The Morgan fingerprint density at radius 3 is 2.53 bits per heavy atom. The van der Waals surface area contributed by atoms with Gasteiger partial charge in [-0.25, -0.2) is 4.98 Å². The first-order valence-corrected chi connectivity index (χ1v) is 10.4. The topological polar surface area (TPSA) is 72.6 Å². The highest BCUT2D eigenvalue weighted by Gasteiger charge is 2.23. The molecule has 0 unspecified atom stereocenters. The first-order chi connectivity index (χ1) is 14.5. The van der Waals surface area contributed by atoms with Crippen LogP contribution in [0, 0.1) is 0 Å². The summed E-state index contributed by atoms with van der Waals surface area (Å²) in [5.41, 5.74) is 1.83. The van der Waals surface area contributed by atoms with Gasteiger partial charge >= 0.3 is 0 Å². The zero-order valence-corrected chi connectivity index (χ0v) is 17.4. The van der Waals surface area contributed by atoms with Crippen molar-refractivity contribution in [2.45, 2.75) is 20.4 Å². The summed E-state index contributed by atoms with van der Waals surface area (Å²) in [6.07, 6.45) is 1.58. The molecule has 0 atom stereocenters. The minimum absolute atomic E-state index is 0.0438. The third-order valence-corrected chi connectivity index (χ3v) is 5.61. The number of rotatable bonds is 7. The standard InChI is InChI=1S/C23H20N2O4S/c1-3-28-18-10-11-20-21(13-18)30-23(24-20)25(14-19-5-4-12-29-19)22(27)17-8-6-16(7-9-17)15(2)26/h4-13H,3,14H2,1-2H3. The number of fused-ring (bicyclic) bond motifs is 1. The van der Waals surface area contributed by atoms with Gasteiger partial charge in [0.15, 0.2) is 10.9 Å².